The molecule has 1 atom stereocenters. The van der Waals surface area contributed by atoms with Gasteiger partial charge >= 0.3 is 12.0 Å². The van der Waals surface area contributed by atoms with E-state index in [2.05, 4.69) is 25.8 Å². The molecule has 0 aromatic carbocycles. The Labute approximate surface area is 147 Å². The number of fused-ring (bicyclic) bond motifs is 2. The van der Waals surface area contributed by atoms with Crippen molar-refractivity contribution in [2.45, 2.75) is 26.8 Å². The third-order valence-electron chi connectivity index (χ3n) is 4.68. The molecule has 3 aliphatic rings. The quantitative estimate of drug-likeness (QED) is 0.673. The van der Waals surface area contributed by atoms with Gasteiger partial charge < -0.3 is 4.74 Å². The van der Waals surface area contributed by atoms with Gasteiger partial charge in [-0.1, -0.05) is 25.8 Å². The zero-order valence-corrected chi connectivity index (χ0v) is 15.6. The highest BCUT2D eigenvalue weighted by atomic mass is 16.5. The molecule has 3 rings (SSSR count). The molecule has 1 unspecified atom stereocenters. The number of amides is 3. The smallest absolute Gasteiger partial charge is 0.381 e. The third-order valence-corrected chi connectivity index (χ3v) is 4.68. The molecule has 0 saturated carbocycles. The topological polar surface area (TPSA) is 80.8 Å². The lowest BCUT2D eigenvalue weighted by atomic mass is 9.89. The van der Waals surface area contributed by atoms with Crippen LogP contribution in [0.3, 0.4) is 0 Å². The molecule has 3 aliphatic heterocycles. The summed E-state index contributed by atoms with van der Waals surface area (Å²) in [6, 6.07) is -0.971. The number of rotatable bonds is 3. The lowest BCUT2D eigenvalue weighted by molar-refractivity contribution is -0.528. The summed E-state index contributed by atoms with van der Waals surface area (Å²) in [4.78, 5) is 32.1. The normalized spacial score (nSPS) is 23.8. The first kappa shape index (κ1) is 17.5. The van der Waals surface area contributed by atoms with Gasteiger partial charge in [0.15, 0.2) is 0 Å². The number of carbonyl (C=O) groups is 2. The van der Waals surface area contributed by atoms with Crippen LogP contribution in [-0.4, -0.2) is 95.8 Å². The molecule has 9 nitrogen and oxygen atoms in total. The standard InChI is InChI=1S/C16H25N6O3/c1-16(2,3)10-9-21-11-12(19(4)15(24)20(5)13(11)23)17-14(21)22(18-10)7-8-25-6/h11H,7-9H2,1-6H3/q+1. The van der Waals surface area contributed by atoms with Crippen LogP contribution in [0.4, 0.5) is 4.79 Å². The van der Waals surface area contributed by atoms with E-state index in [1.807, 2.05) is 4.58 Å². The van der Waals surface area contributed by atoms with Gasteiger partial charge in [-0.25, -0.2) is 9.37 Å². The summed E-state index contributed by atoms with van der Waals surface area (Å²) in [5, 5.41) is 6.50. The number of methoxy groups -OCH3 is 1. The second-order valence-electron chi connectivity index (χ2n) is 7.45. The van der Waals surface area contributed by atoms with Crippen LogP contribution in [0.1, 0.15) is 20.8 Å². The van der Waals surface area contributed by atoms with Gasteiger partial charge in [-0.2, -0.15) is 0 Å². The molecule has 9 heteroatoms. The average Bonchev–Trinajstić information content (AvgIpc) is 2.94. The van der Waals surface area contributed by atoms with E-state index in [4.69, 9.17) is 9.84 Å². The SMILES string of the molecule is COCCN1N=C(C(C)(C)C)C[N+]2=C1N=C1C2C(=O)N(C)C(=O)N1C. The molecule has 1 saturated heterocycles. The molecular weight excluding hydrogens is 324 g/mol. The molecule has 0 N–H and O–H groups in total. The van der Waals surface area contributed by atoms with Crippen LogP contribution in [-0.2, 0) is 9.53 Å². The second-order valence-corrected chi connectivity index (χ2v) is 7.45. The van der Waals surface area contributed by atoms with Gasteiger partial charge in [0.2, 0.25) is 11.9 Å². The fourth-order valence-electron chi connectivity index (χ4n) is 3.05. The van der Waals surface area contributed by atoms with Crippen molar-refractivity contribution in [2.24, 2.45) is 15.5 Å². The monoisotopic (exact) mass is 349 g/mol. The molecule has 1 fully saturated rings. The predicted octanol–water partition coefficient (Wildman–Crippen LogP) is 0.0235. The van der Waals surface area contributed by atoms with E-state index < -0.39 is 6.04 Å². The van der Waals surface area contributed by atoms with Crippen LogP contribution in [0, 0.1) is 5.41 Å². The van der Waals surface area contributed by atoms with Crippen LogP contribution < -0.4 is 0 Å². The van der Waals surface area contributed by atoms with Crippen LogP contribution in [0.2, 0.25) is 0 Å². The number of urea groups is 1. The van der Waals surface area contributed by atoms with Crippen molar-refractivity contribution in [2.75, 3.05) is 40.9 Å². The molecule has 3 amide bonds. The minimum Gasteiger partial charge on any atom is -0.381 e. The number of hydrogen-bond acceptors (Lipinski definition) is 6. The Bertz CT molecular complexity index is 718. The molecule has 136 valence electrons. The number of hydrogen-bond donors (Lipinski definition) is 0. The van der Waals surface area contributed by atoms with Crippen LogP contribution in [0.5, 0.6) is 0 Å². The Morgan fingerprint density at radius 2 is 1.92 bits per heavy atom. The van der Waals surface area contributed by atoms with Gasteiger partial charge in [0, 0.05) is 26.6 Å². The van der Waals surface area contributed by atoms with Crippen molar-refractivity contribution in [1.82, 2.24) is 14.8 Å². The van der Waals surface area contributed by atoms with Crippen molar-refractivity contribution in [1.29, 1.82) is 0 Å². The van der Waals surface area contributed by atoms with Gasteiger partial charge in [-0.05, 0) is 0 Å². The minimum atomic E-state index is -0.597. The molecular formula is C16H25N6O3+. The van der Waals surface area contributed by atoms with Gasteiger partial charge in [0.1, 0.15) is 13.1 Å². The zero-order chi connectivity index (χ0) is 18.5. The Hall–Kier alpha value is -2.29. The Balaban J connectivity index is 2.03. The molecule has 0 aliphatic carbocycles. The second kappa shape index (κ2) is 5.91. The Kier molecular flexibility index (Phi) is 4.14. The number of likely N-dealkylation sites (N-methyl/N-ethyl adjacent to an activating group) is 2. The summed E-state index contributed by atoms with van der Waals surface area (Å²) >= 11 is 0. The first-order chi connectivity index (χ1) is 11.7. The summed E-state index contributed by atoms with van der Waals surface area (Å²) in [5.74, 6) is 0.780. The number of imide groups is 1. The van der Waals surface area contributed by atoms with Crippen LogP contribution in [0.25, 0.3) is 0 Å². The first-order valence-corrected chi connectivity index (χ1v) is 8.28. The van der Waals surface area contributed by atoms with Gasteiger partial charge in [-0.3, -0.25) is 14.6 Å². The van der Waals surface area contributed by atoms with E-state index in [1.54, 1.807) is 19.2 Å². The zero-order valence-electron chi connectivity index (χ0n) is 15.6. The summed E-state index contributed by atoms with van der Waals surface area (Å²) < 4.78 is 7.11. The lowest BCUT2D eigenvalue weighted by Crippen LogP contribution is -2.62. The third kappa shape index (κ3) is 2.72. The predicted molar refractivity (Wildman–Crippen MR) is 92.8 cm³/mol. The number of amidine groups is 1. The summed E-state index contributed by atoms with van der Waals surface area (Å²) in [6.45, 7) is 7.78. The number of nitrogens with zero attached hydrogens (tertiary/aromatic N) is 6. The molecule has 0 aromatic rings. The summed E-state index contributed by atoms with van der Waals surface area (Å²) in [7, 11) is 4.77. The van der Waals surface area contributed by atoms with E-state index in [9.17, 15) is 9.59 Å². The molecule has 0 radical (unpaired) electrons. The summed E-state index contributed by atoms with van der Waals surface area (Å²) in [6.07, 6.45) is 0. The molecule has 25 heavy (non-hydrogen) atoms. The first-order valence-electron chi connectivity index (χ1n) is 8.28. The van der Waals surface area contributed by atoms with Crippen molar-refractivity contribution >= 4 is 29.4 Å². The average molecular weight is 349 g/mol. The van der Waals surface area contributed by atoms with E-state index in [-0.39, 0.29) is 17.4 Å². The van der Waals surface area contributed by atoms with Crippen molar-refractivity contribution in [3.05, 3.63) is 0 Å². The highest BCUT2D eigenvalue weighted by molar-refractivity contribution is 6.23. The highest BCUT2D eigenvalue weighted by Gasteiger charge is 2.54. The molecule has 0 aromatic heterocycles. The maximum Gasteiger partial charge on any atom is 0.416 e. The van der Waals surface area contributed by atoms with E-state index in [0.29, 0.717) is 31.5 Å². The lowest BCUT2D eigenvalue weighted by Gasteiger charge is -2.33. The van der Waals surface area contributed by atoms with Gasteiger partial charge in [-0.15, -0.1) is 10.1 Å². The van der Waals surface area contributed by atoms with Gasteiger partial charge in [0.05, 0.1) is 12.3 Å². The highest BCUT2D eigenvalue weighted by Crippen LogP contribution is 2.26. The van der Waals surface area contributed by atoms with E-state index in [0.717, 1.165) is 10.6 Å². The number of hydrazone groups is 1. The maximum atomic E-state index is 12.8. The van der Waals surface area contributed by atoms with Crippen molar-refractivity contribution in [3.8, 4) is 0 Å². The largest absolute Gasteiger partial charge is 0.416 e. The number of guanidine groups is 1. The number of carbonyl (C=O) groups excluding carboxylic acids is 2. The van der Waals surface area contributed by atoms with Crippen LogP contribution >= 0.6 is 0 Å². The Morgan fingerprint density at radius 3 is 2.52 bits per heavy atom. The Morgan fingerprint density at radius 1 is 1.24 bits per heavy atom. The maximum absolute atomic E-state index is 12.8. The van der Waals surface area contributed by atoms with Crippen molar-refractivity contribution < 1.29 is 18.9 Å². The molecule has 0 bridgehead atoms. The number of aliphatic imine (C=N–C) groups is 1. The van der Waals surface area contributed by atoms with Crippen molar-refractivity contribution in [3.63, 3.8) is 0 Å². The fourth-order valence-corrected chi connectivity index (χ4v) is 3.05. The minimum absolute atomic E-state index is 0.148. The van der Waals surface area contributed by atoms with Crippen LogP contribution in [0.15, 0.2) is 10.1 Å². The van der Waals surface area contributed by atoms with E-state index >= 15 is 0 Å². The van der Waals surface area contributed by atoms with Gasteiger partial charge in [0.25, 0.3) is 5.91 Å². The summed E-state index contributed by atoms with van der Waals surface area (Å²) in [5.41, 5.74) is 0.809. The molecule has 0 spiro atoms. The fraction of sp³-hybridized carbons (Fsp3) is 0.688. The van der Waals surface area contributed by atoms with E-state index in [1.165, 1.54) is 11.9 Å². The molecule has 3 heterocycles. The number of ether oxygens (including phenoxy) is 1.